The van der Waals surface area contributed by atoms with E-state index in [1.807, 2.05) is 6.92 Å². The predicted octanol–water partition coefficient (Wildman–Crippen LogP) is 3.09. The first-order chi connectivity index (χ1) is 11.2. The zero-order valence-electron chi connectivity index (χ0n) is 13.7. The highest BCUT2D eigenvalue weighted by Gasteiger charge is 2.20. The van der Waals surface area contributed by atoms with Crippen molar-refractivity contribution in [2.75, 3.05) is 31.2 Å². The van der Waals surface area contributed by atoms with Gasteiger partial charge in [0.2, 0.25) is 0 Å². The summed E-state index contributed by atoms with van der Waals surface area (Å²) in [6.07, 6.45) is 7.64. The molecule has 2 aromatic heterocycles. The Morgan fingerprint density at radius 1 is 1.22 bits per heavy atom. The van der Waals surface area contributed by atoms with Crippen molar-refractivity contribution < 1.29 is 4.74 Å². The van der Waals surface area contributed by atoms with E-state index in [-0.39, 0.29) is 0 Å². The van der Waals surface area contributed by atoms with Crippen molar-refractivity contribution in [3.05, 3.63) is 41.4 Å². The van der Waals surface area contributed by atoms with E-state index in [2.05, 4.69) is 46.1 Å². The van der Waals surface area contributed by atoms with E-state index in [1.165, 1.54) is 11.3 Å². The van der Waals surface area contributed by atoms with Crippen molar-refractivity contribution in [2.45, 2.75) is 26.2 Å². The number of rotatable bonds is 2. The highest BCUT2D eigenvalue weighted by molar-refractivity contribution is 5.87. The topological polar surface area (TPSA) is 54.0 Å². The molecule has 0 spiro atoms. The number of aromatic nitrogens is 3. The zero-order chi connectivity index (χ0) is 15.8. The van der Waals surface area contributed by atoms with Gasteiger partial charge < -0.3 is 14.6 Å². The number of morpholine rings is 1. The minimum Gasteiger partial charge on any atom is -0.378 e. The molecule has 1 aliphatic heterocycles. The lowest BCUT2D eigenvalue weighted by molar-refractivity contribution is 0.122. The Morgan fingerprint density at radius 3 is 2.83 bits per heavy atom. The highest BCUT2D eigenvalue weighted by Crippen LogP contribution is 2.32. The van der Waals surface area contributed by atoms with Gasteiger partial charge in [-0.1, -0.05) is 23.8 Å². The van der Waals surface area contributed by atoms with Crippen molar-refractivity contribution in [3.63, 3.8) is 0 Å². The van der Waals surface area contributed by atoms with Crippen LogP contribution in [0.15, 0.2) is 29.9 Å². The van der Waals surface area contributed by atoms with E-state index in [4.69, 9.17) is 9.72 Å². The van der Waals surface area contributed by atoms with Crippen molar-refractivity contribution >= 4 is 16.9 Å². The van der Waals surface area contributed by atoms with Gasteiger partial charge in [-0.25, -0.2) is 9.97 Å². The van der Waals surface area contributed by atoms with Crippen LogP contribution in [0.1, 0.15) is 30.8 Å². The standard InChI is InChI=1S/C18H22N4O/c1-12-4-3-5-14(10-12)15-11-16-17(21-15)18(20-13(2)19-16)22-6-8-23-9-7-22/h3-5,11,14,21H,6-10H2,1-2H3. The molecule has 0 aromatic carbocycles. The van der Waals surface area contributed by atoms with Gasteiger partial charge in [0.05, 0.1) is 18.7 Å². The molecule has 5 nitrogen and oxygen atoms in total. The monoisotopic (exact) mass is 310 g/mol. The number of aryl methyl sites for hydroxylation is 1. The molecule has 1 fully saturated rings. The van der Waals surface area contributed by atoms with Crippen LogP contribution in [0.3, 0.4) is 0 Å². The Kier molecular flexibility index (Phi) is 3.65. The minimum absolute atomic E-state index is 0.395. The van der Waals surface area contributed by atoms with E-state index in [1.54, 1.807) is 0 Å². The lowest BCUT2D eigenvalue weighted by Gasteiger charge is -2.28. The van der Waals surface area contributed by atoms with Gasteiger partial charge in [0.25, 0.3) is 0 Å². The molecule has 2 aromatic rings. The van der Waals surface area contributed by atoms with Gasteiger partial charge in [-0.05, 0) is 26.3 Å². The minimum atomic E-state index is 0.395. The molecular weight excluding hydrogens is 288 g/mol. The van der Waals surface area contributed by atoms with E-state index in [0.717, 1.165) is 55.4 Å². The average molecular weight is 310 g/mol. The fourth-order valence-electron chi connectivity index (χ4n) is 3.39. The van der Waals surface area contributed by atoms with Crippen LogP contribution in [0.4, 0.5) is 5.82 Å². The van der Waals surface area contributed by atoms with Crippen LogP contribution >= 0.6 is 0 Å². The van der Waals surface area contributed by atoms with Crippen molar-refractivity contribution in [1.82, 2.24) is 15.0 Å². The quantitative estimate of drug-likeness (QED) is 0.926. The average Bonchev–Trinajstić information content (AvgIpc) is 2.99. The number of hydrogen-bond donors (Lipinski definition) is 1. The zero-order valence-corrected chi connectivity index (χ0v) is 13.7. The number of aromatic amines is 1. The largest absolute Gasteiger partial charge is 0.378 e. The van der Waals surface area contributed by atoms with Crippen LogP contribution < -0.4 is 4.90 Å². The summed E-state index contributed by atoms with van der Waals surface area (Å²) in [5.74, 6) is 2.22. The van der Waals surface area contributed by atoms with Crippen molar-refractivity contribution in [3.8, 4) is 0 Å². The maximum Gasteiger partial charge on any atom is 0.156 e. The summed E-state index contributed by atoms with van der Waals surface area (Å²) in [4.78, 5) is 15.2. The molecule has 4 rings (SSSR count). The van der Waals surface area contributed by atoms with Gasteiger partial charge in [0, 0.05) is 24.7 Å². The van der Waals surface area contributed by atoms with Gasteiger partial charge in [-0.15, -0.1) is 0 Å². The molecule has 0 amide bonds. The second-order valence-corrected chi connectivity index (χ2v) is 6.39. The lowest BCUT2D eigenvalue weighted by Crippen LogP contribution is -2.37. The Bertz CT molecular complexity index is 784. The summed E-state index contributed by atoms with van der Waals surface area (Å²) in [7, 11) is 0. The molecule has 0 bridgehead atoms. The number of nitrogens with zero attached hydrogens (tertiary/aromatic N) is 3. The number of H-pyrrole nitrogens is 1. The first kappa shape index (κ1) is 14.5. The summed E-state index contributed by atoms with van der Waals surface area (Å²) < 4.78 is 5.47. The number of nitrogens with one attached hydrogen (secondary N) is 1. The maximum absolute atomic E-state index is 5.47. The smallest absolute Gasteiger partial charge is 0.156 e. The molecule has 0 radical (unpaired) electrons. The summed E-state index contributed by atoms with van der Waals surface area (Å²) in [5, 5.41) is 0. The summed E-state index contributed by atoms with van der Waals surface area (Å²) in [6, 6.07) is 2.18. The van der Waals surface area contributed by atoms with Gasteiger partial charge in [0.1, 0.15) is 11.3 Å². The van der Waals surface area contributed by atoms with E-state index in [9.17, 15) is 0 Å². The summed E-state index contributed by atoms with van der Waals surface area (Å²) in [5.41, 5.74) is 4.69. The normalized spacial score (nSPS) is 21.7. The molecule has 1 aliphatic carbocycles. The number of hydrogen-bond acceptors (Lipinski definition) is 4. The van der Waals surface area contributed by atoms with Crippen LogP contribution in [0, 0.1) is 6.92 Å². The van der Waals surface area contributed by atoms with Crippen LogP contribution in [-0.2, 0) is 4.74 Å². The van der Waals surface area contributed by atoms with E-state index in [0.29, 0.717) is 5.92 Å². The van der Waals surface area contributed by atoms with Crippen LogP contribution in [0.2, 0.25) is 0 Å². The number of fused-ring (bicyclic) bond motifs is 1. The Hall–Kier alpha value is -2.14. The molecular formula is C18H22N4O. The number of ether oxygens (including phenoxy) is 1. The third kappa shape index (κ3) is 2.77. The van der Waals surface area contributed by atoms with E-state index >= 15 is 0 Å². The summed E-state index contributed by atoms with van der Waals surface area (Å²) >= 11 is 0. The molecule has 5 heteroatoms. The third-order valence-corrected chi connectivity index (χ3v) is 4.57. The Balaban J connectivity index is 1.75. The lowest BCUT2D eigenvalue weighted by atomic mass is 9.93. The van der Waals surface area contributed by atoms with Gasteiger partial charge in [0.15, 0.2) is 5.82 Å². The third-order valence-electron chi connectivity index (χ3n) is 4.57. The fraction of sp³-hybridized carbons (Fsp3) is 0.444. The Morgan fingerprint density at radius 2 is 2.04 bits per heavy atom. The highest BCUT2D eigenvalue weighted by atomic mass is 16.5. The molecule has 3 heterocycles. The van der Waals surface area contributed by atoms with Crippen molar-refractivity contribution in [1.29, 1.82) is 0 Å². The molecule has 0 saturated carbocycles. The molecule has 1 saturated heterocycles. The second kappa shape index (κ2) is 5.81. The van der Waals surface area contributed by atoms with Crippen LogP contribution in [-0.4, -0.2) is 41.3 Å². The first-order valence-electron chi connectivity index (χ1n) is 8.24. The molecule has 23 heavy (non-hydrogen) atoms. The van der Waals surface area contributed by atoms with Gasteiger partial charge in [-0.2, -0.15) is 0 Å². The molecule has 1 N–H and O–H groups in total. The number of anilines is 1. The van der Waals surface area contributed by atoms with Crippen molar-refractivity contribution in [2.24, 2.45) is 0 Å². The predicted molar refractivity (Wildman–Crippen MR) is 91.9 cm³/mol. The van der Waals surface area contributed by atoms with E-state index < -0.39 is 0 Å². The molecule has 120 valence electrons. The fourth-order valence-corrected chi connectivity index (χ4v) is 3.39. The molecule has 1 atom stereocenters. The SMILES string of the molecule is CC1=CC=CC(c2cc3nc(C)nc(N4CCOCC4)c3[nH]2)C1. The van der Waals surface area contributed by atoms with Gasteiger partial charge >= 0.3 is 0 Å². The maximum atomic E-state index is 5.47. The first-order valence-corrected chi connectivity index (χ1v) is 8.24. The van der Waals surface area contributed by atoms with Gasteiger partial charge in [-0.3, -0.25) is 0 Å². The van der Waals surface area contributed by atoms with Crippen LogP contribution in [0.5, 0.6) is 0 Å². The summed E-state index contributed by atoms with van der Waals surface area (Å²) in [6.45, 7) is 7.42. The Labute approximate surface area is 136 Å². The number of allylic oxidation sites excluding steroid dienone is 4. The van der Waals surface area contributed by atoms with Crippen LogP contribution in [0.25, 0.3) is 11.0 Å². The molecule has 2 aliphatic rings. The second-order valence-electron chi connectivity index (χ2n) is 6.39. The molecule has 1 unspecified atom stereocenters.